The van der Waals surface area contributed by atoms with Crippen molar-refractivity contribution in [2.45, 2.75) is 75.8 Å². The minimum Gasteiger partial charge on any atom is -0.497 e. The number of aliphatic hydroxyl groups excluding tert-OH is 1. The largest absolute Gasteiger partial charge is 0.497 e. The van der Waals surface area contributed by atoms with Gasteiger partial charge >= 0.3 is 5.97 Å². The zero-order valence-corrected chi connectivity index (χ0v) is 22.1. The van der Waals surface area contributed by atoms with E-state index in [0.29, 0.717) is 40.6 Å². The first-order valence-corrected chi connectivity index (χ1v) is 14.2. The van der Waals surface area contributed by atoms with E-state index >= 15 is 0 Å². The van der Waals surface area contributed by atoms with E-state index < -0.39 is 18.7 Å². The molecule has 1 atom stereocenters. The molecule has 6 nitrogen and oxygen atoms in total. The van der Waals surface area contributed by atoms with Crippen LogP contribution in [0.5, 0.6) is 5.75 Å². The number of ether oxygens (including phenoxy) is 1. The Kier molecular flexibility index (Phi) is 9.47. The molecule has 198 valence electrons. The van der Waals surface area contributed by atoms with Crippen LogP contribution in [0.4, 0.5) is 4.39 Å². The first kappa shape index (κ1) is 27.1. The molecule has 1 saturated carbocycles. The van der Waals surface area contributed by atoms with Crippen LogP contribution in [-0.2, 0) is 11.5 Å². The summed E-state index contributed by atoms with van der Waals surface area (Å²) in [5, 5.41) is 22.4. The number of thioether (sulfide) groups is 1. The molecule has 0 amide bonds. The fourth-order valence-electron chi connectivity index (χ4n) is 5.94. The van der Waals surface area contributed by atoms with Gasteiger partial charge in [-0.25, -0.2) is 4.39 Å². The van der Waals surface area contributed by atoms with Gasteiger partial charge in [-0.1, -0.05) is 12.8 Å². The maximum Gasteiger partial charge on any atom is 0.303 e. The van der Waals surface area contributed by atoms with Crippen molar-refractivity contribution in [3.05, 3.63) is 35.5 Å². The summed E-state index contributed by atoms with van der Waals surface area (Å²) in [4.78, 5) is 18.6. The fourth-order valence-corrected chi connectivity index (χ4v) is 7.30. The van der Waals surface area contributed by atoms with Gasteiger partial charge in [0, 0.05) is 34.7 Å². The number of rotatable bonds is 12. The maximum absolute atomic E-state index is 13.9. The molecule has 36 heavy (non-hydrogen) atoms. The van der Waals surface area contributed by atoms with Crippen molar-refractivity contribution in [1.29, 1.82) is 0 Å². The SMILES string of the molecule is COc1ccc2ncc(CF)c([C@@H](O)CCC3(CC(=O)O)CCN(CCSC4CCCC4)CC3)c2c1. The Morgan fingerprint density at radius 2 is 2.06 bits per heavy atom. The van der Waals surface area contributed by atoms with Crippen molar-refractivity contribution >= 4 is 28.6 Å². The molecular weight excluding hydrogens is 479 g/mol. The third kappa shape index (κ3) is 6.69. The number of carboxylic acid groups (broad SMARTS) is 1. The van der Waals surface area contributed by atoms with Crippen molar-refractivity contribution in [3.63, 3.8) is 0 Å². The number of carbonyl (C=O) groups is 1. The lowest BCUT2D eigenvalue weighted by Gasteiger charge is -2.41. The van der Waals surface area contributed by atoms with Gasteiger partial charge in [-0.3, -0.25) is 9.78 Å². The molecule has 2 heterocycles. The Bertz CT molecular complexity index is 1020. The lowest BCUT2D eigenvalue weighted by atomic mass is 9.71. The van der Waals surface area contributed by atoms with Gasteiger partial charge in [-0.05, 0) is 80.8 Å². The number of methoxy groups -OCH3 is 1. The maximum atomic E-state index is 13.9. The summed E-state index contributed by atoms with van der Waals surface area (Å²) in [7, 11) is 1.57. The number of aliphatic hydroxyl groups is 1. The number of piperidine rings is 1. The van der Waals surface area contributed by atoms with Crippen LogP contribution in [0, 0.1) is 5.41 Å². The Hall–Kier alpha value is -1.90. The van der Waals surface area contributed by atoms with Gasteiger partial charge in [-0.15, -0.1) is 0 Å². The highest BCUT2D eigenvalue weighted by molar-refractivity contribution is 7.99. The molecular formula is C28H39FN2O4S. The second-order valence-electron chi connectivity index (χ2n) is 10.5. The summed E-state index contributed by atoms with van der Waals surface area (Å²) < 4.78 is 19.2. The number of aromatic nitrogens is 1. The molecule has 8 heteroatoms. The summed E-state index contributed by atoms with van der Waals surface area (Å²) in [6, 6.07) is 5.39. The number of hydrogen-bond donors (Lipinski definition) is 2. The van der Waals surface area contributed by atoms with Gasteiger partial charge < -0.3 is 19.8 Å². The quantitative estimate of drug-likeness (QED) is 0.370. The van der Waals surface area contributed by atoms with E-state index in [1.165, 1.54) is 31.9 Å². The summed E-state index contributed by atoms with van der Waals surface area (Å²) in [5.74, 6) is 0.965. The monoisotopic (exact) mass is 518 g/mol. The zero-order chi connectivity index (χ0) is 25.5. The number of fused-ring (bicyclic) bond motifs is 1. The molecule has 4 rings (SSSR count). The van der Waals surface area contributed by atoms with E-state index in [9.17, 15) is 19.4 Å². The number of likely N-dealkylation sites (tertiary alicyclic amines) is 1. The van der Waals surface area contributed by atoms with E-state index in [2.05, 4.69) is 21.6 Å². The fraction of sp³-hybridized carbons (Fsp3) is 0.643. The summed E-state index contributed by atoms with van der Waals surface area (Å²) in [6.07, 6.45) is 8.69. The molecule has 0 bridgehead atoms. The minimum absolute atomic E-state index is 0.102. The van der Waals surface area contributed by atoms with E-state index in [1.807, 2.05) is 0 Å². The van der Waals surface area contributed by atoms with E-state index in [-0.39, 0.29) is 11.8 Å². The predicted octanol–water partition coefficient (Wildman–Crippen LogP) is 5.76. The highest BCUT2D eigenvalue weighted by Crippen LogP contribution is 2.42. The Balaban J connectivity index is 1.41. The molecule has 1 aliphatic heterocycles. The van der Waals surface area contributed by atoms with Gasteiger partial charge in [-0.2, -0.15) is 11.8 Å². The highest BCUT2D eigenvalue weighted by atomic mass is 32.2. The Morgan fingerprint density at radius 1 is 1.31 bits per heavy atom. The number of aliphatic carboxylic acids is 1. The number of alkyl halides is 1. The third-order valence-corrected chi connectivity index (χ3v) is 9.49. The topological polar surface area (TPSA) is 82.9 Å². The average Bonchev–Trinajstić information content (AvgIpc) is 3.40. The van der Waals surface area contributed by atoms with Crippen LogP contribution >= 0.6 is 11.8 Å². The van der Waals surface area contributed by atoms with Crippen molar-refractivity contribution in [2.24, 2.45) is 5.41 Å². The number of benzene rings is 1. The molecule has 1 aliphatic carbocycles. The van der Waals surface area contributed by atoms with Gasteiger partial charge in [0.2, 0.25) is 0 Å². The standard InChI is InChI=1S/C28H39FN2O4S/c1-35-21-6-7-24-23(16-21)27(20(18-29)19-30-24)25(32)8-9-28(17-26(33)34)10-12-31(13-11-28)14-15-36-22-4-2-3-5-22/h6-7,16,19,22,25,32H,2-5,8-15,17-18H2,1H3,(H,33,34)/t25-/m0/s1. The van der Waals surface area contributed by atoms with Crippen LogP contribution < -0.4 is 4.74 Å². The number of halogens is 1. The predicted molar refractivity (Wildman–Crippen MR) is 142 cm³/mol. The summed E-state index contributed by atoms with van der Waals surface area (Å²) >= 11 is 2.09. The number of nitrogens with zero attached hydrogens (tertiary/aromatic N) is 2. The number of carboxylic acids is 1. The molecule has 1 saturated heterocycles. The first-order valence-electron chi connectivity index (χ1n) is 13.2. The van der Waals surface area contributed by atoms with Crippen molar-refractivity contribution in [1.82, 2.24) is 9.88 Å². The van der Waals surface area contributed by atoms with Gasteiger partial charge in [0.15, 0.2) is 0 Å². The van der Waals surface area contributed by atoms with E-state index in [4.69, 9.17) is 4.74 Å². The number of pyridine rings is 1. The van der Waals surface area contributed by atoms with E-state index in [0.717, 1.165) is 43.5 Å². The molecule has 1 aromatic heterocycles. The Morgan fingerprint density at radius 3 is 2.72 bits per heavy atom. The lowest BCUT2D eigenvalue weighted by molar-refractivity contribution is -0.141. The van der Waals surface area contributed by atoms with Crippen molar-refractivity contribution in [3.8, 4) is 5.75 Å². The van der Waals surface area contributed by atoms with Gasteiger partial charge in [0.25, 0.3) is 0 Å². The van der Waals surface area contributed by atoms with Crippen LogP contribution in [0.3, 0.4) is 0 Å². The van der Waals surface area contributed by atoms with E-state index in [1.54, 1.807) is 25.3 Å². The zero-order valence-electron chi connectivity index (χ0n) is 21.3. The van der Waals surface area contributed by atoms with Crippen LogP contribution in [0.1, 0.15) is 75.0 Å². The molecule has 0 unspecified atom stereocenters. The molecule has 2 aliphatic rings. The highest BCUT2D eigenvalue weighted by Gasteiger charge is 2.37. The second kappa shape index (κ2) is 12.6. The summed E-state index contributed by atoms with van der Waals surface area (Å²) in [5.41, 5.74) is 1.22. The van der Waals surface area contributed by atoms with Gasteiger partial charge in [0.05, 0.1) is 25.2 Å². The molecule has 0 spiro atoms. The molecule has 0 radical (unpaired) electrons. The summed E-state index contributed by atoms with van der Waals surface area (Å²) in [6.45, 7) is 2.11. The molecule has 2 N–H and O–H groups in total. The smallest absolute Gasteiger partial charge is 0.303 e. The second-order valence-corrected chi connectivity index (χ2v) is 11.9. The first-order chi connectivity index (χ1) is 17.4. The van der Waals surface area contributed by atoms with Crippen molar-refractivity contribution in [2.75, 3.05) is 32.5 Å². The van der Waals surface area contributed by atoms with Crippen molar-refractivity contribution < 1.29 is 24.1 Å². The Labute approximate surface area is 217 Å². The minimum atomic E-state index is -0.903. The van der Waals surface area contributed by atoms with Gasteiger partial charge in [0.1, 0.15) is 12.4 Å². The van der Waals surface area contributed by atoms with Crippen LogP contribution in [0.25, 0.3) is 10.9 Å². The van der Waals surface area contributed by atoms with Crippen LogP contribution in [0.15, 0.2) is 24.4 Å². The van der Waals surface area contributed by atoms with Crippen LogP contribution in [0.2, 0.25) is 0 Å². The molecule has 2 aromatic rings. The average molecular weight is 519 g/mol. The third-order valence-electron chi connectivity index (χ3n) is 8.13. The van der Waals surface area contributed by atoms with Crippen LogP contribution in [-0.4, -0.2) is 63.8 Å². The molecule has 1 aromatic carbocycles. The lowest BCUT2D eigenvalue weighted by Crippen LogP contribution is -2.42. The number of hydrogen-bond acceptors (Lipinski definition) is 6. The normalized spacial score (nSPS) is 19.5. The molecule has 2 fully saturated rings.